The standard InChI is InChI=1S/C11H16F2N2O/c12-10(13)8-16-11-7-9(3-4-14-11)15-5-1-2-6-15/h3,7,10,14H,1-2,4-6,8H2. The number of hydrogen-bond acceptors (Lipinski definition) is 3. The molecule has 0 aliphatic carbocycles. The SMILES string of the molecule is FC(F)COC1=CC(N2CCCC2)=CCN1. The summed E-state index contributed by atoms with van der Waals surface area (Å²) >= 11 is 0. The summed E-state index contributed by atoms with van der Waals surface area (Å²) in [5.74, 6) is 0.449. The average Bonchev–Trinajstić information content (AvgIpc) is 2.80. The van der Waals surface area contributed by atoms with Gasteiger partial charge >= 0.3 is 0 Å². The summed E-state index contributed by atoms with van der Waals surface area (Å²) < 4.78 is 28.9. The number of nitrogens with one attached hydrogen (secondary N) is 1. The number of rotatable bonds is 4. The van der Waals surface area contributed by atoms with E-state index in [2.05, 4.69) is 16.3 Å². The lowest BCUT2D eigenvalue weighted by Crippen LogP contribution is -2.27. The summed E-state index contributed by atoms with van der Waals surface area (Å²) in [6.07, 6.45) is 3.83. The Bertz CT molecular complexity index is 296. The monoisotopic (exact) mass is 230 g/mol. The first-order valence-corrected chi connectivity index (χ1v) is 5.57. The second-order valence-electron chi connectivity index (χ2n) is 3.91. The minimum atomic E-state index is -2.43. The Morgan fingerprint density at radius 1 is 1.38 bits per heavy atom. The van der Waals surface area contributed by atoms with Crippen LogP contribution in [-0.2, 0) is 4.74 Å². The third-order valence-corrected chi connectivity index (χ3v) is 2.70. The molecule has 0 spiro atoms. The molecule has 0 aromatic heterocycles. The molecule has 2 heterocycles. The second-order valence-corrected chi connectivity index (χ2v) is 3.91. The minimum absolute atomic E-state index is 0.449. The fourth-order valence-electron chi connectivity index (χ4n) is 1.94. The van der Waals surface area contributed by atoms with Gasteiger partial charge in [0.2, 0.25) is 0 Å². The van der Waals surface area contributed by atoms with Gasteiger partial charge in [0.1, 0.15) is 0 Å². The first-order chi connectivity index (χ1) is 7.75. The van der Waals surface area contributed by atoms with Gasteiger partial charge in [0, 0.05) is 31.4 Å². The molecule has 0 atom stereocenters. The van der Waals surface area contributed by atoms with Crippen LogP contribution in [0.5, 0.6) is 0 Å². The van der Waals surface area contributed by atoms with Gasteiger partial charge in [0.05, 0.1) is 0 Å². The molecule has 3 nitrogen and oxygen atoms in total. The van der Waals surface area contributed by atoms with E-state index in [0.717, 1.165) is 18.8 Å². The van der Waals surface area contributed by atoms with Gasteiger partial charge in [-0.2, -0.15) is 0 Å². The zero-order chi connectivity index (χ0) is 11.4. The van der Waals surface area contributed by atoms with Crippen LogP contribution in [0.4, 0.5) is 8.78 Å². The van der Waals surface area contributed by atoms with Gasteiger partial charge in [0.15, 0.2) is 12.5 Å². The van der Waals surface area contributed by atoms with E-state index in [1.54, 1.807) is 6.08 Å². The molecule has 0 unspecified atom stereocenters. The average molecular weight is 230 g/mol. The highest BCUT2D eigenvalue weighted by molar-refractivity contribution is 5.24. The van der Waals surface area contributed by atoms with Crippen molar-refractivity contribution in [1.82, 2.24) is 10.2 Å². The summed E-state index contributed by atoms with van der Waals surface area (Å²) in [4.78, 5) is 2.26. The van der Waals surface area contributed by atoms with Crippen molar-refractivity contribution in [3.8, 4) is 0 Å². The van der Waals surface area contributed by atoms with Crippen LogP contribution in [0.15, 0.2) is 23.7 Å². The summed E-state index contributed by atoms with van der Waals surface area (Å²) in [5, 5.41) is 2.93. The number of nitrogens with zero attached hydrogens (tertiary/aromatic N) is 1. The smallest absolute Gasteiger partial charge is 0.272 e. The Morgan fingerprint density at radius 3 is 2.81 bits per heavy atom. The van der Waals surface area contributed by atoms with E-state index in [9.17, 15) is 8.78 Å². The quantitative estimate of drug-likeness (QED) is 0.795. The fraction of sp³-hybridized carbons (Fsp3) is 0.636. The summed E-state index contributed by atoms with van der Waals surface area (Å²) in [6.45, 7) is 2.18. The van der Waals surface area contributed by atoms with E-state index < -0.39 is 13.0 Å². The Labute approximate surface area is 93.8 Å². The van der Waals surface area contributed by atoms with Crippen LogP contribution in [0.2, 0.25) is 0 Å². The van der Waals surface area contributed by atoms with Crippen molar-refractivity contribution in [2.24, 2.45) is 0 Å². The highest BCUT2D eigenvalue weighted by Gasteiger charge is 2.16. The maximum atomic E-state index is 12.0. The van der Waals surface area contributed by atoms with Crippen LogP contribution in [0, 0.1) is 0 Å². The van der Waals surface area contributed by atoms with Gasteiger partial charge in [-0.1, -0.05) is 0 Å². The summed E-state index contributed by atoms with van der Waals surface area (Å²) in [7, 11) is 0. The summed E-state index contributed by atoms with van der Waals surface area (Å²) in [6, 6.07) is 0. The number of allylic oxidation sites excluding steroid dienone is 1. The van der Waals surface area contributed by atoms with Crippen LogP contribution in [0.3, 0.4) is 0 Å². The molecule has 5 heteroatoms. The Hall–Kier alpha value is -1.26. The highest BCUT2D eigenvalue weighted by atomic mass is 19.3. The lowest BCUT2D eigenvalue weighted by atomic mass is 10.3. The van der Waals surface area contributed by atoms with Gasteiger partial charge in [-0.15, -0.1) is 0 Å². The van der Waals surface area contributed by atoms with Crippen molar-refractivity contribution >= 4 is 0 Å². The lowest BCUT2D eigenvalue weighted by molar-refractivity contribution is 0.0425. The molecule has 1 N–H and O–H groups in total. The molecular weight excluding hydrogens is 214 g/mol. The Kier molecular flexibility index (Phi) is 3.64. The lowest BCUT2D eigenvalue weighted by Gasteiger charge is -2.24. The molecule has 90 valence electrons. The van der Waals surface area contributed by atoms with Crippen molar-refractivity contribution in [3.05, 3.63) is 23.7 Å². The van der Waals surface area contributed by atoms with Gasteiger partial charge in [-0.3, -0.25) is 0 Å². The summed E-state index contributed by atoms with van der Waals surface area (Å²) in [5.41, 5.74) is 1.08. The number of alkyl halides is 2. The van der Waals surface area contributed by atoms with Crippen molar-refractivity contribution in [2.45, 2.75) is 19.3 Å². The zero-order valence-electron chi connectivity index (χ0n) is 9.09. The normalized spacial score (nSPS) is 20.6. The maximum absolute atomic E-state index is 12.0. The Morgan fingerprint density at radius 2 is 2.12 bits per heavy atom. The molecule has 0 saturated carbocycles. The molecule has 2 aliphatic heterocycles. The second kappa shape index (κ2) is 5.18. The van der Waals surface area contributed by atoms with E-state index in [1.807, 2.05) is 0 Å². The van der Waals surface area contributed by atoms with E-state index in [-0.39, 0.29) is 0 Å². The molecule has 16 heavy (non-hydrogen) atoms. The molecule has 0 aromatic carbocycles. The minimum Gasteiger partial charge on any atom is -0.473 e. The first kappa shape index (κ1) is 11.2. The molecule has 0 bridgehead atoms. The predicted octanol–water partition coefficient (Wildman–Crippen LogP) is 1.69. The van der Waals surface area contributed by atoms with Gasteiger partial charge in [-0.25, -0.2) is 8.78 Å². The molecule has 1 saturated heterocycles. The van der Waals surface area contributed by atoms with Crippen LogP contribution >= 0.6 is 0 Å². The molecule has 2 aliphatic rings. The molecule has 2 rings (SSSR count). The van der Waals surface area contributed by atoms with Crippen molar-refractivity contribution in [3.63, 3.8) is 0 Å². The van der Waals surface area contributed by atoms with Crippen LogP contribution in [0.1, 0.15) is 12.8 Å². The van der Waals surface area contributed by atoms with Gasteiger partial charge in [-0.05, 0) is 18.9 Å². The van der Waals surface area contributed by atoms with E-state index >= 15 is 0 Å². The van der Waals surface area contributed by atoms with E-state index in [4.69, 9.17) is 4.74 Å². The topological polar surface area (TPSA) is 24.5 Å². The maximum Gasteiger partial charge on any atom is 0.272 e. The zero-order valence-corrected chi connectivity index (χ0v) is 9.09. The number of dihydropyridines is 1. The van der Waals surface area contributed by atoms with E-state index in [0.29, 0.717) is 12.4 Å². The van der Waals surface area contributed by atoms with Crippen molar-refractivity contribution in [1.29, 1.82) is 0 Å². The number of likely N-dealkylation sites (tertiary alicyclic amines) is 1. The van der Waals surface area contributed by atoms with Crippen LogP contribution in [-0.4, -0.2) is 37.6 Å². The first-order valence-electron chi connectivity index (χ1n) is 5.57. The predicted molar refractivity (Wildman–Crippen MR) is 56.9 cm³/mol. The largest absolute Gasteiger partial charge is 0.473 e. The van der Waals surface area contributed by atoms with Crippen molar-refractivity contribution < 1.29 is 13.5 Å². The van der Waals surface area contributed by atoms with Gasteiger partial charge < -0.3 is 15.0 Å². The highest BCUT2D eigenvalue weighted by Crippen LogP contribution is 2.18. The van der Waals surface area contributed by atoms with E-state index in [1.165, 1.54) is 12.8 Å². The Balaban J connectivity index is 1.91. The third kappa shape index (κ3) is 2.87. The van der Waals surface area contributed by atoms with Crippen LogP contribution in [0.25, 0.3) is 0 Å². The molecule has 0 amide bonds. The van der Waals surface area contributed by atoms with Gasteiger partial charge in [0.25, 0.3) is 6.43 Å². The number of halogens is 2. The molecule has 0 radical (unpaired) electrons. The third-order valence-electron chi connectivity index (χ3n) is 2.70. The number of ether oxygens (including phenoxy) is 1. The molecule has 0 aromatic rings. The molecular formula is C11H16F2N2O. The van der Waals surface area contributed by atoms with Crippen LogP contribution < -0.4 is 5.32 Å². The number of hydrogen-bond donors (Lipinski definition) is 1. The fourth-order valence-corrected chi connectivity index (χ4v) is 1.94. The van der Waals surface area contributed by atoms with Crippen molar-refractivity contribution in [2.75, 3.05) is 26.2 Å². The molecule has 1 fully saturated rings.